The average Bonchev–Trinajstić information content (AvgIpc) is 3.15. The zero-order valence-electron chi connectivity index (χ0n) is 20.7. The first-order valence-electron chi connectivity index (χ1n) is 12.2. The Kier molecular flexibility index (Phi) is 7.63. The van der Waals surface area contributed by atoms with Crippen LogP contribution in [0.1, 0.15) is 70.0 Å². The van der Waals surface area contributed by atoms with E-state index in [4.69, 9.17) is 32.7 Å². The molecule has 5 nitrogen and oxygen atoms in total. The summed E-state index contributed by atoms with van der Waals surface area (Å²) in [6.45, 7) is 8.12. The van der Waals surface area contributed by atoms with Gasteiger partial charge in [0.1, 0.15) is 6.29 Å². The number of halogens is 2. The molecule has 2 fully saturated rings. The van der Waals surface area contributed by atoms with E-state index in [2.05, 4.69) is 0 Å². The number of nitrogens with zero attached hydrogens (tertiary/aromatic N) is 1. The maximum absolute atomic E-state index is 14.3. The predicted molar refractivity (Wildman–Crippen MR) is 138 cm³/mol. The second kappa shape index (κ2) is 10.2. The third kappa shape index (κ3) is 5.43. The van der Waals surface area contributed by atoms with Crippen molar-refractivity contribution in [2.75, 3.05) is 6.61 Å². The van der Waals surface area contributed by atoms with Gasteiger partial charge in [0.05, 0.1) is 24.8 Å². The third-order valence-corrected chi connectivity index (χ3v) is 7.76. The molecule has 35 heavy (non-hydrogen) atoms. The Morgan fingerprint density at radius 3 is 2.37 bits per heavy atom. The van der Waals surface area contributed by atoms with Gasteiger partial charge in [-0.25, -0.2) is 0 Å². The van der Waals surface area contributed by atoms with E-state index < -0.39 is 17.2 Å². The molecule has 0 saturated carbocycles. The number of ether oxygens (including phenoxy) is 2. The number of rotatable bonds is 7. The van der Waals surface area contributed by atoms with Crippen LogP contribution in [0.15, 0.2) is 48.5 Å². The van der Waals surface area contributed by atoms with Crippen LogP contribution in [-0.2, 0) is 19.1 Å². The molecule has 2 heterocycles. The van der Waals surface area contributed by atoms with Gasteiger partial charge >= 0.3 is 0 Å². The highest BCUT2D eigenvalue weighted by Gasteiger charge is 2.53. The van der Waals surface area contributed by atoms with Gasteiger partial charge in [0.25, 0.3) is 0 Å². The minimum Gasteiger partial charge on any atom is -0.348 e. The molecule has 4 rings (SSSR count). The van der Waals surface area contributed by atoms with Crippen molar-refractivity contribution in [1.29, 1.82) is 0 Å². The molecule has 5 atom stereocenters. The molecular formula is C28H33Cl2NO4. The van der Waals surface area contributed by atoms with Crippen molar-refractivity contribution in [1.82, 2.24) is 4.90 Å². The summed E-state index contributed by atoms with van der Waals surface area (Å²) in [5.41, 5.74) is 1.23. The maximum Gasteiger partial charge on any atom is 0.229 e. The summed E-state index contributed by atoms with van der Waals surface area (Å²) in [4.78, 5) is 28.3. The van der Waals surface area contributed by atoms with Gasteiger partial charge in [0.2, 0.25) is 5.91 Å². The van der Waals surface area contributed by atoms with Gasteiger partial charge in [-0.1, -0.05) is 61.3 Å². The summed E-state index contributed by atoms with van der Waals surface area (Å²) in [5.74, 6) is -0.796. The van der Waals surface area contributed by atoms with Crippen LogP contribution in [0.4, 0.5) is 0 Å². The first kappa shape index (κ1) is 26.2. The van der Waals surface area contributed by atoms with E-state index in [1.807, 2.05) is 76.2 Å². The van der Waals surface area contributed by atoms with Crippen LogP contribution in [-0.4, -0.2) is 41.6 Å². The first-order chi connectivity index (χ1) is 16.6. The number of hydrogen-bond donors (Lipinski definition) is 0. The molecule has 1 amide bonds. The molecule has 0 aromatic heterocycles. The minimum absolute atomic E-state index is 0.0389. The monoisotopic (exact) mass is 517 g/mol. The molecule has 0 spiro atoms. The Balaban J connectivity index is 1.83. The van der Waals surface area contributed by atoms with Crippen molar-refractivity contribution in [3.05, 3.63) is 69.7 Å². The number of aldehydes is 1. The molecule has 188 valence electrons. The number of piperidine rings is 1. The van der Waals surface area contributed by atoms with Gasteiger partial charge in [-0.15, -0.1) is 0 Å². The summed E-state index contributed by atoms with van der Waals surface area (Å²) < 4.78 is 11.9. The third-order valence-electron chi connectivity index (χ3n) is 7.27. The largest absolute Gasteiger partial charge is 0.348 e. The smallest absolute Gasteiger partial charge is 0.229 e. The molecule has 7 heteroatoms. The SMILES string of the molecule is CCC(C=O)N1C(=O)C(C)(CC2COC(C)(C)O2)CC(c2cccc(Cl)c2)C1c1ccc(Cl)cc1. The van der Waals surface area contributed by atoms with Crippen molar-refractivity contribution in [3.8, 4) is 0 Å². The molecule has 5 unspecified atom stereocenters. The number of hydrogen-bond acceptors (Lipinski definition) is 4. The molecule has 2 saturated heterocycles. The number of carbonyl (C=O) groups excluding carboxylic acids is 2. The topological polar surface area (TPSA) is 55.8 Å². The van der Waals surface area contributed by atoms with Gasteiger partial charge in [-0.3, -0.25) is 4.79 Å². The Morgan fingerprint density at radius 1 is 1.09 bits per heavy atom. The van der Waals surface area contributed by atoms with E-state index in [-0.39, 0.29) is 24.0 Å². The fourth-order valence-electron chi connectivity index (χ4n) is 5.66. The first-order valence-corrected chi connectivity index (χ1v) is 12.9. The molecule has 0 bridgehead atoms. The molecule has 2 aromatic rings. The molecule has 2 aliphatic heterocycles. The van der Waals surface area contributed by atoms with Crippen LogP contribution in [0.2, 0.25) is 10.0 Å². The number of amides is 1. The minimum atomic E-state index is -0.749. The Hall–Kier alpha value is -1.92. The zero-order chi connectivity index (χ0) is 25.4. The molecule has 2 aromatic carbocycles. The fourth-order valence-corrected chi connectivity index (χ4v) is 5.98. The van der Waals surface area contributed by atoms with Crippen LogP contribution >= 0.6 is 23.2 Å². The van der Waals surface area contributed by atoms with Crippen molar-refractivity contribution in [3.63, 3.8) is 0 Å². The molecule has 0 radical (unpaired) electrons. The van der Waals surface area contributed by atoms with Crippen LogP contribution in [0, 0.1) is 5.41 Å². The highest BCUT2D eigenvalue weighted by Crippen LogP contribution is 2.53. The van der Waals surface area contributed by atoms with E-state index in [9.17, 15) is 9.59 Å². The molecule has 2 aliphatic rings. The lowest BCUT2D eigenvalue weighted by atomic mass is 9.66. The summed E-state index contributed by atoms with van der Waals surface area (Å²) in [5, 5.41) is 1.26. The lowest BCUT2D eigenvalue weighted by Crippen LogP contribution is -2.56. The second-order valence-electron chi connectivity index (χ2n) is 10.4. The van der Waals surface area contributed by atoms with Crippen molar-refractivity contribution in [2.24, 2.45) is 5.41 Å². The van der Waals surface area contributed by atoms with Gasteiger partial charge in [0.15, 0.2) is 5.79 Å². The zero-order valence-corrected chi connectivity index (χ0v) is 22.2. The highest BCUT2D eigenvalue weighted by molar-refractivity contribution is 6.30. The lowest BCUT2D eigenvalue weighted by molar-refractivity contribution is -0.163. The highest BCUT2D eigenvalue weighted by atomic mass is 35.5. The maximum atomic E-state index is 14.3. The van der Waals surface area contributed by atoms with Crippen LogP contribution in [0.3, 0.4) is 0 Å². The van der Waals surface area contributed by atoms with Gasteiger partial charge in [-0.05, 0) is 68.5 Å². The van der Waals surface area contributed by atoms with Gasteiger partial charge < -0.3 is 19.2 Å². The quantitative estimate of drug-likeness (QED) is 0.389. The molecule has 0 N–H and O–H groups in total. The Morgan fingerprint density at radius 2 is 1.80 bits per heavy atom. The number of carbonyl (C=O) groups is 2. The standard InChI is InChI=1S/C28H33Cl2NO4/c1-5-22(16-32)31-25(18-9-11-20(29)12-10-18)24(19-7-6-8-21(30)13-19)15-28(4,26(31)33)14-23-17-34-27(2,3)35-23/h6-13,16,22-25H,5,14-15,17H2,1-4H3. The molecule has 0 aliphatic carbocycles. The predicted octanol–water partition coefficient (Wildman–Crippen LogP) is 6.58. The van der Waals surface area contributed by atoms with Crippen LogP contribution < -0.4 is 0 Å². The normalized spacial score (nSPS) is 29.3. The van der Waals surface area contributed by atoms with E-state index in [1.54, 1.807) is 4.90 Å². The second-order valence-corrected chi connectivity index (χ2v) is 11.3. The fraction of sp³-hybridized carbons (Fsp3) is 0.500. The molecular weight excluding hydrogens is 485 g/mol. The van der Waals surface area contributed by atoms with Crippen LogP contribution in [0.5, 0.6) is 0 Å². The average molecular weight is 518 g/mol. The lowest BCUT2D eigenvalue weighted by Gasteiger charge is -2.51. The van der Waals surface area contributed by atoms with Crippen molar-refractivity contribution in [2.45, 2.75) is 76.9 Å². The van der Waals surface area contributed by atoms with Gasteiger partial charge in [-0.2, -0.15) is 0 Å². The summed E-state index contributed by atoms with van der Waals surface area (Å²) in [6, 6.07) is 14.5. The van der Waals surface area contributed by atoms with E-state index in [0.717, 1.165) is 17.4 Å². The van der Waals surface area contributed by atoms with Crippen molar-refractivity contribution < 1.29 is 19.1 Å². The summed E-state index contributed by atoms with van der Waals surface area (Å²) >= 11 is 12.6. The van der Waals surface area contributed by atoms with E-state index in [0.29, 0.717) is 35.9 Å². The van der Waals surface area contributed by atoms with Gasteiger partial charge in [0, 0.05) is 21.4 Å². The van der Waals surface area contributed by atoms with Crippen molar-refractivity contribution >= 4 is 35.4 Å². The number of likely N-dealkylation sites (tertiary alicyclic amines) is 1. The number of benzene rings is 2. The van der Waals surface area contributed by atoms with E-state index >= 15 is 0 Å². The summed E-state index contributed by atoms with van der Waals surface area (Å²) in [6.07, 6.45) is 2.30. The van der Waals surface area contributed by atoms with E-state index in [1.165, 1.54) is 0 Å². The van der Waals surface area contributed by atoms with Crippen LogP contribution in [0.25, 0.3) is 0 Å². The Labute approximate surface area is 217 Å². The Bertz CT molecular complexity index is 1070. The summed E-state index contributed by atoms with van der Waals surface area (Å²) in [7, 11) is 0.